The average Bonchev–Trinajstić information content (AvgIpc) is 3.36. The van der Waals surface area contributed by atoms with Crippen molar-refractivity contribution in [2.24, 2.45) is 0 Å². The smallest absolute Gasteiger partial charge is 0.176 e. The molecule has 4 heterocycles. The molecule has 1 saturated heterocycles. The van der Waals surface area contributed by atoms with Gasteiger partial charge in [-0.05, 0) is 43.9 Å². The SMILES string of the molecule is c1cc2ccoc2c(N[C@H]2CC[C@@H](Oc3cc(N4CCOCC4)cc4nccnc34)CC2)n1. The Morgan fingerprint density at radius 2 is 1.79 bits per heavy atom. The van der Waals surface area contributed by atoms with Gasteiger partial charge in [-0.2, -0.15) is 0 Å². The van der Waals surface area contributed by atoms with Gasteiger partial charge in [-0.1, -0.05) is 0 Å². The number of hydrogen-bond acceptors (Lipinski definition) is 8. The van der Waals surface area contributed by atoms with Gasteiger partial charge < -0.3 is 24.1 Å². The van der Waals surface area contributed by atoms with E-state index in [9.17, 15) is 0 Å². The molecule has 3 aromatic heterocycles. The molecule has 0 radical (unpaired) electrons. The molecule has 33 heavy (non-hydrogen) atoms. The second kappa shape index (κ2) is 8.86. The van der Waals surface area contributed by atoms with Crippen LogP contribution in [0.1, 0.15) is 25.7 Å². The number of benzene rings is 1. The van der Waals surface area contributed by atoms with Crippen LogP contribution in [0.3, 0.4) is 0 Å². The van der Waals surface area contributed by atoms with Gasteiger partial charge in [0, 0.05) is 54.9 Å². The largest absolute Gasteiger partial charge is 0.488 e. The van der Waals surface area contributed by atoms with Gasteiger partial charge in [-0.15, -0.1) is 0 Å². The molecule has 1 N–H and O–H groups in total. The van der Waals surface area contributed by atoms with Gasteiger partial charge in [0.25, 0.3) is 0 Å². The molecular weight excluding hydrogens is 418 g/mol. The first-order chi connectivity index (χ1) is 16.3. The van der Waals surface area contributed by atoms with E-state index in [1.54, 1.807) is 18.7 Å². The minimum absolute atomic E-state index is 0.153. The van der Waals surface area contributed by atoms with E-state index in [1.165, 1.54) is 0 Å². The zero-order chi connectivity index (χ0) is 22.0. The van der Waals surface area contributed by atoms with Gasteiger partial charge in [-0.3, -0.25) is 4.98 Å². The van der Waals surface area contributed by atoms with Crippen LogP contribution < -0.4 is 15.0 Å². The highest BCUT2D eigenvalue weighted by molar-refractivity contribution is 5.86. The Hall–Kier alpha value is -3.39. The summed E-state index contributed by atoms with van der Waals surface area (Å²) in [4.78, 5) is 15.9. The van der Waals surface area contributed by atoms with Crippen LogP contribution in [0, 0.1) is 0 Å². The lowest BCUT2D eigenvalue weighted by molar-refractivity contribution is 0.122. The fourth-order valence-corrected chi connectivity index (χ4v) is 4.82. The molecule has 2 aliphatic rings. The predicted molar refractivity (Wildman–Crippen MR) is 127 cm³/mol. The van der Waals surface area contributed by atoms with Gasteiger partial charge in [-0.25, -0.2) is 9.97 Å². The topological polar surface area (TPSA) is 85.5 Å². The van der Waals surface area contributed by atoms with Crippen molar-refractivity contribution in [3.05, 3.63) is 49.1 Å². The van der Waals surface area contributed by atoms with Crippen LogP contribution in [0.25, 0.3) is 22.0 Å². The third-order valence-electron chi connectivity index (χ3n) is 6.58. The number of fused-ring (bicyclic) bond motifs is 2. The van der Waals surface area contributed by atoms with Crippen LogP contribution in [0.4, 0.5) is 11.5 Å². The molecule has 8 nitrogen and oxygen atoms in total. The van der Waals surface area contributed by atoms with Gasteiger partial charge >= 0.3 is 0 Å². The maximum atomic E-state index is 6.53. The molecule has 170 valence electrons. The van der Waals surface area contributed by atoms with E-state index in [0.717, 1.165) is 91.2 Å². The molecule has 1 aliphatic heterocycles. The molecule has 0 spiro atoms. The third-order valence-corrected chi connectivity index (χ3v) is 6.58. The summed E-state index contributed by atoms with van der Waals surface area (Å²) in [6, 6.07) is 8.50. The van der Waals surface area contributed by atoms with Crippen LogP contribution in [-0.2, 0) is 4.74 Å². The lowest BCUT2D eigenvalue weighted by atomic mass is 9.93. The highest BCUT2D eigenvalue weighted by atomic mass is 16.5. The molecule has 1 aromatic carbocycles. The van der Waals surface area contributed by atoms with Crippen molar-refractivity contribution >= 4 is 33.5 Å². The Morgan fingerprint density at radius 1 is 0.939 bits per heavy atom. The van der Waals surface area contributed by atoms with Gasteiger partial charge in [0.15, 0.2) is 11.4 Å². The molecule has 2 fully saturated rings. The highest BCUT2D eigenvalue weighted by Gasteiger charge is 2.25. The normalized spacial score (nSPS) is 21.4. The fourth-order valence-electron chi connectivity index (χ4n) is 4.82. The Balaban J connectivity index is 1.16. The van der Waals surface area contributed by atoms with Crippen LogP contribution in [0.15, 0.2) is 53.5 Å². The third kappa shape index (κ3) is 4.18. The fraction of sp³-hybridized carbons (Fsp3) is 0.400. The van der Waals surface area contributed by atoms with Crippen molar-refractivity contribution < 1.29 is 13.9 Å². The summed E-state index contributed by atoms with van der Waals surface area (Å²) < 4.78 is 17.7. The lowest BCUT2D eigenvalue weighted by Crippen LogP contribution is -2.36. The first-order valence-corrected chi connectivity index (χ1v) is 11.7. The quantitative estimate of drug-likeness (QED) is 0.484. The number of nitrogens with zero attached hydrogens (tertiary/aromatic N) is 4. The zero-order valence-corrected chi connectivity index (χ0v) is 18.4. The summed E-state index contributed by atoms with van der Waals surface area (Å²) in [6.45, 7) is 3.23. The van der Waals surface area contributed by atoms with Gasteiger partial charge in [0.05, 0.1) is 31.1 Å². The number of ether oxygens (including phenoxy) is 2. The van der Waals surface area contributed by atoms with Crippen molar-refractivity contribution in [3.8, 4) is 5.75 Å². The lowest BCUT2D eigenvalue weighted by Gasteiger charge is -2.31. The van der Waals surface area contributed by atoms with Crippen LogP contribution in [0.2, 0.25) is 0 Å². The number of morpholine rings is 1. The molecule has 0 amide bonds. The molecule has 1 aliphatic carbocycles. The predicted octanol–water partition coefficient (Wildman–Crippen LogP) is 4.41. The van der Waals surface area contributed by atoms with E-state index in [4.69, 9.17) is 13.9 Å². The van der Waals surface area contributed by atoms with Crippen molar-refractivity contribution in [2.45, 2.75) is 37.8 Å². The Morgan fingerprint density at radius 3 is 2.67 bits per heavy atom. The second-order valence-corrected chi connectivity index (χ2v) is 8.70. The van der Waals surface area contributed by atoms with E-state index in [2.05, 4.69) is 37.3 Å². The Kier molecular flexibility index (Phi) is 5.43. The number of furan rings is 1. The zero-order valence-electron chi connectivity index (χ0n) is 18.4. The molecule has 4 aromatic rings. The average molecular weight is 446 g/mol. The first-order valence-electron chi connectivity index (χ1n) is 11.7. The summed E-state index contributed by atoms with van der Waals surface area (Å²) in [7, 11) is 0. The van der Waals surface area contributed by atoms with E-state index >= 15 is 0 Å². The van der Waals surface area contributed by atoms with Crippen LogP contribution in [0.5, 0.6) is 5.75 Å². The number of rotatable bonds is 5. The summed E-state index contributed by atoms with van der Waals surface area (Å²) >= 11 is 0. The van der Waals surface area contributed by atoms with Crippen molar-refractivity contribution in [3.63, 3.8) is 0 Å². The molecule has 0 unspecified atom stereocenters. The number of nitrogens with one attached hydrogen (secondary N) is 1. The van der Waals surface area contributed by atoms with Crippen molar-refractivity contribution in [2.75, 3.05) is 36.5 Å². The minimum atomic E-state index is 0.153. The minimum Gasteiger partial charge on any atom is -0.488 e. The van der Waals surface area contributed by atoms with E-state index in [1.807, 2.05) is 18.3 Å². The number of aromatic nitrogens is 3. The molecule has 6 rings (SSSR count). The van der Waals surface area contributed by atoms with Crippen molar-refractivity contribution in [1.82, 2.24) is 15.0 Å². The van der Waals surface area contributed by atoms with Crippen LogP contribution in [-0.4, -0.2) is 53.4 Å². The maximum absolute atomic E-state index is 6.53. The molecule has 1 saturated carbocycles. The van der Waals surface area contributed by atoms with Crippen molar-refractivity contribution in [1.29, 1.82) is 0 Å². The monoisotopic (exact) mass is 445 g/mol. The van der Waals surface area contributed by atoms with E-state index < -0.39 is 0 Å². The second-order valence-electron chi connectivity index (χ2n) is 8.70. The number of anilines is 2. The molecule has 0 atom stereocenters. The summed E-state index contributed by atoms with van der Waals surface area (Å²) in [5.41, 5.74) is 3.63. The first kappa shape index (κ1) is 20.2. The Labute approximate surface area is 191 Å². The maximum Gasteiger partial charge on any atom is 0.176 e. The standard InChI is InChI=1S/C25H27N5O3/c1-3-20(4-2-18(1)29-25-24-17(5-7-28-25)6-12-32-24)33-22-16-19(30-10-13-31-14-11-30)15-21-23(22)27-9-8-26-21/h5-9,12,15-16,18,20H,1-4,10-11,13-14H2,(H,28,29)/t18-,20+. The van der Waals surface area contributed by atoms with Gasteiger partial charge in [0.1, 0.15) is 11.3 Å². The Bertz CT molecular complexity index is 1250. The molecular formula is C25H27N5O3. The van der Waals surface area contributed by atoms with Gasteiger partial charge in [0.2, 0.25) is 0 Å². The highest BCUT2D eigenvalue weighted by Crippen LogP contribution is 2.33. The summed E-state index contributed by atoms with van der Waals surface area (Å²) in [5.74, 6) is 1.64. The number of pyridine rings is 1. The van der Waals surface area contributed by atoms with E-state index in [0.29, 0.717) is 6.04 Å². The molecule has 8 heteroatoms. The molecule has 0 bridgehead atoms. The summed E-state index contributed by atoms with van der Waals surface area (Å²) in [6.07, 6.45) is 11.1. The summed E-state index contributed by atoms with van der Waals surface area (Å²) in [5, 5.41) is 4.64. The van der Waals surface area contributed by atoms with E-state index in [-0.39, 0.29) is 6.10 Å². The number of hydrogen-bond donors (Lipinski definition) is 1. The van der Waals surface area contributed by atoms with Crippen LogP contribution >= 0.6 is 0 Å².